The monoisotopic (exact) mass is 484 g/mol. The molecule has 0 aromatic heterocycles. The van der Waals surface area contributed by atoms with Gasteiger partial charge < -0.3 is 5.11 Å². The summed E-state index contributed by atoms with van der Waals surface area (Å²) < 4.78 is 14.7. The Morgan fingerprint density at radius 1 is 0.600 bits per heavy atom. The van der Waals surface area contributed by atoms with Gasteiger partial charge in [0, 0.05) is 5.56 Å². The molecule has 0 saturated heterocycles. The van der Waals surface area contributed by atoms with E-state index in [1.807, 2.05) is 66.7 Å². The fourth-order valence-electron chi connectivity index (χ4n) is 4.70. The average molecular weight is 485 g/mol. The zero-order valence-corrected chi connectivity index (χ0v) is 22.4. The first-order chi connectivity index (χ1) is 16.7. The van der Waals surface area contributed by atoms with Crippen LogP contribution in [0.5, 0.6) is 0 Å². The van der Waals surface area contributed by atoms with Crippen LogP contribution in [0.3, 0.4) is 0 Å². The normalized spacial score (nSPS) is 13.7. The summed E-state index contributed by atoms with van der Waals surface area (Å²) >= 11 is 0. The molecule has 2 atom stereocenters. The first-order valence-corrected chi connectivity index (χ1v) is 13.7. The fraction of sp³-hybridized carbons (Fsp3) is 0.312. The highest BCUT2D eigenvalue weighted by molar-refractivity contribution is 7.85. The predicted molar refractivity (Wildman–Crippen MR) is 148 cm³/mol. The molecule has 4 aromatic carbocycles. The van der Waals surface area contributed by atoms with Crippen molar-refractivity contribution in [3.63, 3.8) is 0 Å². The molecule has 4 aromatic rings. The average Bonchev–Trinajstić information content (AvgIpc) is 2.86. The number of benzene rings is 4. The molecule has 0 amide bonds. The van der Waals surface area contributed by atoms with Crippen LogP contribution in [0, 0.1) is 0 Å². The molecular weight excluding hydrogens is 448 g/mol. The topological polar surface area (TPSA) is 37.3 Å². The molecule has 0 spiro atoms. The van der Waals surface area contributed by atoms with Gasteiger partial charge in [-0.05, 0) is 50.8 Å². The Morgan fingerprint density at radius 2 is 1.17 bits per heavy atom. The van der Waals surface area contributed by atoms with E-state index in [1.54, 1.807) is 0 Å². The second-order valence-electron chi connectivity index (χ2n) is 10.3. The lowest BCUT2D eigenvalue weighted by atomic mass is 9.89. The second-order valence-corrected chi connectivity index (χ2v) is 11.6. The number of fused-ring (bicyclic) bond motifs is 1. The number of rotatable bonds is 7. The number of hydrogen-bond acceptors (Lipinski definition) is 2. The summed E-state index contributed by atoms with van der Waals surface area (Å²) in [5, 5.41) is 13.4. The molecule has 0 saturated carbocycles. The van der Waals surface area contributed by atoms with Crippen LogP contribution in [-0.4, -0.2) is 9.32 Å². The Balaban J connectivity index is 2.04. The Bertz CT molecular complexity index is 1320. The summed E-state index contributed by atoms with van der Waals surface area (Å²) in [4.78, 5) is 1.61. The molecule has 182 valence electrons. The van der Waals surface area contributed by atoms with Crippen LogP contribution in [0.15, 0.2) is 88.7 Å². The van der Waals surface area contributed by atoms with Gasteiger partial charge in [-0.2, -0.15) is 0 Å². The quantitative estimate of drug-likeness (QED) is 0.286. The minimum absolute atomic E-state index is 0.225. The minimum atomic E-state index is -1.47. The molecule has 0 aliphatic carbocycles. The third-order valence-corrected chi connectivity index (χ3v) is 8.44. The molecule has 0 heterocycles. The molecule has 4 rings (SSSR count). The van der Waals surface area contributed by atoms with Gasteiger partial charge in [0.2, 0.25) is 0 Å². The Kier molecular flexibility index (Phi) is 7.59. The molecule has 0 fully saturated rings. The van der Waals surface area contributed by atoms with E-state index in [9.17, 15) is 9.32 Å². The van der Waals surface area contributed by atoms with E-state index < -0.39 is 16.9 Å². The van der Waals surface area contributed by atoms with Crippen molar-refractivity contribution in [2.75, 3.05) is 0 Å². The largest absolute Gasteiger partial charge is 0.384 e. The zero-order chi connectivity index (χ0) is 25.3. The van der Waals surface area contributed by atoms with Gasteiger partial charge >= 0.3 is 0 Å². The van der Waals surface area contributed by atoms with Crippen LogP contribution in [0.25, 0.3) is 10.8 Å². The highest BCUT2D eigenvalue weighted by Gasteiger charge is 2.27. The van der Waals surface area contributed by atoms with E-state index in [-0.39, 0.29) is 11.8 Å². The van der Waals surface area contributed by atoms with Gasteiger partial charge in [-0.3, -0.25) is 0 Å². The van der Waals surface area contributed by atoms with Crippen molar-refractivity contribution in [1.82, 2.24) is 0 Å². The first kappa shape index (κ1) is 25.3. The number of aliphatic hydroxyl groups is 1. The standard InChI is InChI=1S/C32H36O2S/c1-20(2)25-18-28(21(3)4)32(29(19-25)22(5)6)35(34)31-26-15-11-10-12-23(26)16-17-27(31)30(33)24-13-8-7-9-14-24/h7-22,30,33H,1-6H3/t30-,35-/m0/s1. The van der Waals surface area contributed by atoms with E-state index in [0.717, 1.165) is 32.4 Å². The van der Waals surface area contributed by atoms with Crippen molar-refractivity contribution >= 4 is 21.6 Å². The van der Waals surface area contributed by atoms with Crippen molar-refractivity contribution in [3.05, 3.63) is 107 Å². The van der Waals surface area contributed by atoms with Gasteiger partial charge in [-0.15, -0.1) is 0 Å². The van der Waals surface area contributed by atoms with Crippen LogP contribution < -0.4 is 0 Å². The van der Waals surface area contributed by atoms with Crippen molar-refractivity contribution in [2.24, 2.45) is 0 Å². The van der Waals surface area contributed by atoms with E-state index in [2.05, 4.69) is 53.7 Å². The summed E-state index contributed by atoms with van der Waals surface area (Å²) in [5.74, 6) is 0.839. The van der Waals surface area contributed by atoms with Gasteiger partial charge in [0.05, 0.1) is 20.6 Å². The van der Waals surface area contributed by atoms with E-state index >= 15 is 0 Å². The molecule has 35 heavy (non-hydrogen) atoms. The summed E-state index contributed by atoms with van der Waals surface area (Å²) in [6.07, 6.45) is -0.861. The molecule has 1 N–H and O–H groups in total. The molecule has 0 aliphatic heterocycles. The first-order valence-electron chi connectivity index (χ1n) is 12.5. The predicted octanol–water partition coefficient (Wildman–Crippen LogP) is 8.46. The van der Waals surface area contributed by atoms with E-state index in [1.165, 1.54) is 5.56 Å². The van der Waals surface area contributed by atoms with E-state index in [4.69, 9.17) is 0 Å². The third kappa shape index (κ3) is 4.98. The summed E-state index contributed by atoms with van der Waals surface area (Å²) in [6.45, 7) is 13.1. The summed E-state index contributed by atoms with van der Waals surface area (Å²) in [5.41, 5.74) is 5.04. The highest BCUT2D eigenvalue weighted by Crippen LogP contribution is 2.40. The van der Waals surface area contributed by atoms with Gasteiger partial charge in [-0.25, -0.2) is 4.21 Å². The van der Waals surface area contributed by atoms with Crippen molar-refractivity contribution in [3.8, 4) is 0 Å². The van der Waals surface area contributed by atoms with Crippen LogP contribution in [-0.2, 0) is 10.8 Å². The third-order valence-electron chi connectivity index (χ3n) is 6.77. The highest BCUT2D eigenvalue weighted by atomic mass is 32.2. The van der Waals surface area contributed by atoms with Crippen molar-refractivity contribution in [2.45, 2.75) is 75.2 Å². The molecule has 0 bridgehead atoms. The van der Waals surface area contributed by atoms with Crippen LogP contribution in [0.1, 0.15) is 93.2 Å². The maximum Gasteiger partial charge on any atom is 0.105 e. The van der Waals surface area contributed by atoms with Crippen molar-refractivity contribution in [1.29, 1.82) is 0 Å². The van der Waals surface area contributed by atoms with Crippen LogP contribution in [0.2, 0.25) is 0 Å². The molecule has 0 unspecified atom stereocenters. The second kappa shape index (κ2) is 10.5. The maximum absolute atomic E-state index is 14.7. The lowest BCUT2D eigenvalue weighted by molar-refractivity contribution is 0.217. The molecule has 0 aliphatic rings. The Hall–Kier alpha value is -2.75. The number of aliphatic hydroxyl groups excluding tert-OH is 1. The van der Waals surface area contributed by atoms with Gasteiger partial charge in [-0.1, -0.05) is 120 Å². The molecule has 0 radical (unpaired) electrons. The van der Waals surface area contributed by atoms with Crippen LogP contribution in [0.4, 0.5) is 0 Å². The van der Waals surface area contributed by atoms with E-state index in [0.29, 0.717) is 16.4 Å². The summed E-state index contributed by atoms with van der Waals surface area (Å²) in [7, 11) is -1.47. The Morgan fingerprint density at radius 3 is 1.74 bits per heavy atom. The SMILES string of the molecule is CC(C)c1cc(C(C)C)c([S@@](=O)c2c([C@@H](O)c3ccccc3)ccc3ccccc23)c(C(C)C)c1. The molecule has 2 nitrogen and oxygen atoms in total. The molecule has 3 heteroatoms. The lowest BCUT2D eigenvalue weighted by Gasteiger charge is -2.24. The lowest BCUT2D eigenvalue weighted by Crippen LogP contribution is -2.12. The maximum atomic E-state index is 14.7. The fourth-order valence-corrected chi connectivity index (χ4v) is 6.70. The Labute approximate surface area is 212 Å². The molecular formula is C32H36O2S. The summed E-state index contributed by atoms with van der Waals surface area (Å²) in [6, 6.07) is 26.1. The van der Waals surface area contributed by atoms with Crippen LogP contribution >= 0.6 is 0 Å². The minimum Gasteiger partial charge on any atom is -0.384 e. The van der Waals surface area contributed by atoms with Gasteiger partial charge in [0.25, 0.3) is 0 Å². The number of hydrogen-bond donors (Lipinski definition) is 1. The van der Waals surface area contributed by atoms with Gasteiger partial charge in [0.15, 0.2) is 0 Å². The smallest absolute Gasteiger partial charge is 0.105 e. The van der Waals surface area contributed by atoms with Gasteiger partial charge in [0.1, 0.15) is 6.10 Å². The zero-order valence-electron chi connectivity index (χ0n) is 21.6. The van der Waals surface area contributed by atoms with Crippen molar-refractivity contribution < 1.29 is 9.32 Å².